The van der Waals surface area contributed by atoms with Crippen LogP contribution in [0.4, 0.5) is 5.69 Å². The van der Waals surface area contributed by atoms with Gasteiger partial charge in [-0.3, -0.25) is 40.1 Å². The number of benzene rings is 1. The Balaban J connectivity index is 1.83. The highest BCUT2D eigenvalue weighted by atomic mass is 16.6. The first-order chi connectivity index (χ1) is 12.6. The second-order valence-corrected chi connectivity index (χ2v) is 8.24. The highest BCUT2D eigenvalue weighted by Gasteiger charge is 2.81. The molecule has 0 atom stereocenters. The lowest BCUT2D eigenvalue weighted by molar-refractivity contribution is -0.679. The molecule has 4 heterocycles. The van der Waals surface area contributed by atoms with Crippen LogP contribution in [0.1, 0.15) is 25.6 Å². The number of nitro benzene ring substituents is 1. The standard InChI is InChI=1S/C16H19N5O6/c1-14(2)15(20(24)25)7-17-9-16(14,21(26)27)10-18(8-15)13(17)11-4-3-5-12(6-11)19(22)23/h3-6,13H,7-10H2,1-2H3. The molecule has 0 saturated carbocycles. The van der Waals surface area contributed by atoms with E-state index in [1.165, 1.54) is 12.1 Å². The first kappa shape index (κ1) is 17.7. The lowest BCUT2D eigenvalue weighted by Gasteiger charge is -2.65. The molecule has 0 N–H and O–H groups in total. The summed E-state index contributed by atoms with van der Waals surface area (Å²) in [6.07, 6.45) is -0.442. The van der Waals surface area contributed by atoms with Crippen LogP contribution in [0.25, 0.3) is 0 Å². The highest BCUT2D eigenvalue weighted by molar-refractivity contribution is 5.37. The van der Waals surface area contributed by atoms with Crippen molar-refractivity contribution in [1.82, 2.24) is 9.80 Å². The predicted molar refractivity (Wildman–Crippen MR) is 92.2 cm³/mol. The first-order valence-electron chi connectivity index (χ1n) is 8.57. The number of piperidine rings is 2. The Kier molecular flexibility index (Phi) is 3.41. The maximum absolute atomic E-state index is 12.1. The fourth-order valence-electron chi connectivity index (χ4n) is 5.26. The van der Waals surface area contributed by atoms with Crippen LogP contribution in [0.15, 0.2) is 24.3 Å². The summed E-state index contributed by atoms with van der Waals surface area (Å²) in [5.74, 6) is 0. The van der Waals surface area contributed by atoms with Gasteiger partial charge in [0.05, 0.1) is 37.3 Å². The molecule has 1 aromatic carbocycles. The molecule has 0 aromatic heterocycles. The molecular weight excluding hydrogens is 358 g/mol. The Hall–Kier alpha value is -2.66. The number of nitro groups is 3. The van der Waals surface area contributed by atoms with Crippen LogP contribution in [0.5, 0.6) is 0 Å². The minimum atomic E-state index is -1.46. The smallest absolute Gasteiger partial charge is 0.269 e. The molecule has 0 amide bonds. The molecule has 144 valence electrons. The zero-order valence-corrected chi connectivity index (χ0v) is 14.9. The van der Waals surface area contributed by atoms with Crippen molar-refractivity contribution in [2.45, 2.75) is 31.1 Å². The van der Waals surface area contributed by atoms with E-state index in [1.54, 1.807) is 35.8 Å². The van der Waals surface area contributed by atoms with E-state index in [0.717, 1.165) is 0 Å². The van der Waals surface area contributed by atoms with E-state index in [4.69, 9.17) is 0 Å². The molecule has 0 spiro atoms. The zero-order valence-electron chi connectivity index (χ0n) is 14.9. The molecule has 4 fully saturated rings. The summed E-state index contributed by atoms with van der Waals surface area (Å²) < 4.78 is 0. The van der Waals surface area contributed by atoms with Crippen molar-refractivity contribution in [1.29, 1.82) is 0 Å². The van der Waals surface area contributed by atoms with Gasteiger partial charge in [0.25, 0.3) is 16.8 Å². The normalized spacial score (nSPS) is 38.5. The van der Waals surface area contributed by atoms with Crippen molar-refractivity contribution < 1.29 is 14.8 Å². The van der Waals surface area contributed by atoms with Crippen molar-refractivity contribution in [2.24, 2.45) is 5.41 Å². The Morgan fingerprint density at radius 2 is 1.41 bits per heavy atom. The minimum absolute atomic E-state index is 0.0722. The van der Waals surface area contributed by atoms with Crippen molar-refractivity contribution in [3.8, 4) is 0 Å². The molecule has 11 heteroatoms. The number of nitrogens with zero attached hydrogens (tertiary/aromatic N) is 5. The van der Waals surface area contributed by atoms with E-state index in [-0.39, 0.29) is 41.7 Å². The van der Waals surface area contributed by atoms with E-state index in [2.05, 4.69) is 0 Å². The fourth-order valence-corrected chi connectivity index (χ4v) is 5.26. The molecule has 4 saturated heterocycles. The summed E-state index contributed by atoms with van der Waals surface area (Å²) in [5, 5.41) is 35.2. The largest absolute Gasteiger partial charge is 0.270 e. The molecule has 0 unspecified atom stereocenters. The summed E-state index contributed by atoms with van der Waals surface area (Å²) in [6, 6.07) is 6.11. The molecule has 4 aliphatic heterocycles. The van der Waals surface area contributed by atoms with Crippen LogP contribution in [0, 0.1) is 35.8 Å². The molecule has 0 radical (unpaired) electrons. The van der Waals surface area contributed by atoms with Gasteiger partial charge in [0.1, 0.15) is 5.41 Å². The molecule has 27 heavy (non-hydrogen) atoms. The van der Waals surface area contributed by atoms with E-state index < -0.39 is 27.6 Å². The third-order valence-corrected chi connectivity index (χ3v) is 6.96. The second-order valence-electron chi connectivity index (χ2n) is 8.24. The van der Waals surface area contributed by atoms with Gasteiger partial charge < -0.3 is 0 Å². The third kappa shape index (κ3) is 1.98. The number of hydrogen-bond donors (Lipinski definition) is 0. The average molecular weight is 377 g/mol. The quantitative estimate of drug-likeness (QED) is 0.565. The summed E-state index contributed by atoms with van der Waals surface area (Å²) >= 11 is 0. The summed E-state index contributed by atoms with van der Waals surface area (Å²) in [4.78, 5) is 37.5. The SMILES string of the molecule is CC1(C)C2([N+](=O)[O-])CN3CC1([N+](=O)[O-])CN(C2)C3c1cccc([N+](=O)[O-])c1. The fraction of sp³-hybridized carbons (Fsp3) is 0.625. The van der Waals surface area contributed by atoms with Gasteiger partial charge in [0.2, 0.25) is 0 Å². The van der Waals surface area contributed by atoms with Crippen LogP contribution in [-0.4, -0.2) is 61.8 Å². The minimum Gasteiger partial charge on any atom is -0.270 e. The van der Waals surface area contributed by atoms with Gasteiger partial charge in [0, 0.05) is 22.0 Å². The van der Waals surface area contributed by atoms with Crippen molar-refractivity contribution in [2.75, 3.05) is 26.2 Å². The molecule has 11 nitrogen and oxygen atoms in total. The van der Waals surface area contributed by atoms with E-state index in [0.29, 0.717) is 5.56 Å². The highest BCUT2D eigenvalue weighted by Crippen LogP contribution is 2.58. The van der Waals surface area contributed by atoms with E-state index in [1.807, 2.05) is 0 Å². The number of non-ortho nitro benzene ring substituents is 1. The lowest BCUT2D eigenvalue weighted by Crippen LogP contribution is -2.88. The Morgan fingerprint density at radius 1 is 0.926 bits per heavy atom. The Morgan fingerprint density at radius 3 is 1.81 bits per heavy atom. The molecular formula is C16H19N5O6. The number of hydrogen-bond acceptors (Lipinski definition) is 8. The number of rotatable bonds is 4. The van der Waals surface area contributed by atoms with Gasteiger partial charge in [0.15, 0.2) is 0 Å². The van der Waals surface area contributed by atoms with Gasteiger partial charge in [-0.25, -0.2) is 0 Å². The van der Waals surface area contributed by atoms with Gasteiger partial charge in [-0.15, -0.1) is 0 Å². The maximum Gasteiger partial charge on any atom is 0.269 e. The molecule has 4 aliphatic rings. The van der Waals surface area contributed by atoms with Crippen LogP contribution in [0.3, 0.4) is 0 Å². The summed E-state index contributed by atoms with van der Waals surface area (Å²) in [6.45, 7) is 3.56. The monoisotopic (exact) mass is 377 g/mol. The lowest BCUT2D eigenvalue weighted by atomic mass is 9.53. The molecule has 5 rings (SSSR count). The second kappa shape index (κ2) is 5.20. The van der Waals surface area contributed by atoms with Gasteiger partial charge in [-0.05, 0) is 19.4 Å². The van der Waals surface area contributed by atoms with E-state index >= 15 is 0 Å². The van der Waals surface area contributed by atoms with Crippen molar-refractivity contribution >= 4 is 5.69 Å². The van der Waals surface area contributed by atoms with Crippen molar-refractivity contribution in [3.05, 3.63) is 60.2 Å². The van der Waals surface area contributed by atoms with Gasteiger partial charge >= 0.3 is 0 Å². The van der Waals surface area contributed by atoms with E-state index in [9.17, 15) is 30.3 Å². The molecule has 1 aromatic rings. The summed E-state index contributed by atoms with van der Waals surface area (Å²) in [7, 11) is 0. The summed E-state index contributed by atoms with van der Waals surface area (Å²) in [5.41, 5.74) is -3.51. The van der Waals surface area contributed by atoms with Crippen LogP contribution >= 0.6 is 0 Å². The third-order valence-electron chi connectivity index (χ3n) is 6.96. The van der Waals surface area contributed by atoms with Crippen LogP contribution in [0.2, 0.25) is 0 Å². The Bertz CT molecular complexity index is 819. The molecule has 4 bridgehead atoms. The zero-order chi connectivity index (χ0) is 19.8. The topological polar surface area (TPSA) is 136 Å². The Labute approximate surface area is 154 Å². The maximum atomic E-state index is 12.1. The molecule has 0 aliphatic carbocycles. The van der Waals surface area contributed by atoms with Crippen LogP contribution < -0.4 is 0 Å². The van der Waals surface area contributed by atoms with Crippen LogP contribution in [-0.2, 0) is 0 Å². The first-order valence-corrected chi connectivity index (χ1v) is 8.57. The van der Waals surface area contributed by atoms with Crippen molar-refractivity contribution in [3.63, 3.8) is 0 Å². The predicted octanol–water partition coefficient (Wildman–Crippen LogP) is 1.30. The van der Waals surface area contributed by atoms with Gasteiger partial charge in [-0.2, -0.15) is 0 Å². The van der Waals surface area contributed by atoms with Gasteiger partial charge in [-0.1, -0.05) is 12.1 Å². The average Bonchev–Trinajstić information content (AvgIpc) is 2.58.